The van der Waals surface area contributed by atoms with Gasteiger partial charge in [0.25, 0.3) is 0 Å². The van der Waals surface area contributed by atoms with Crippen molar-refractivity contribution >= 4 is 17.9 Å². The highest BCUT2D eigenvalue weighted by atomic mass is 16.6. The van der Waals surface area contributed by atoms with Gasteiger partial charge in [0.1, 0.15) is 13.2 Å². The summed E-state index contributed by atoms with van der Waals surface area (Å²) in [5.41, 5.74) is 0. The summed E-state index contributed by atoms with van der Waals surface area (Å²) in [6.07, 6.45) is 83.0. The molecule has 0 spiro atoms. The molecule has 0 fully saturated rings. The summed E-state index contributed by atoms with van der Waals surface area (Å²) in [5, 5.41) is 0. The highest BCUT2D eigenvalue weighted by molar-refractivity contribution is 5.71. The lowest BCUT2D eigenvalue weighted by atomic mass is 10.0. The third-order valence-corrected chi connectivity index (χ3v) is 12.8. The first-order chi connectivity index (χ1) is 36.0. The van der Waals surface area contributed by atoms with Crippen molar-refractivity contribution in [1.82, 2.24) is 0 Å². The molecule has 0 aromatic heterocycles. The zero-order valence-electron chi connectivity index (χ0n) is 47.6. The molecule has 0 amide bonds. The molecular formula is C67H112O6. The molecule has 0 aromatic rings. The van der Waals surface area contributed by atoms with Gasteiger partial charge >= 0.3 is 17.9 Å². The van der Waals surface area contributed by atoms with Gasteiger partial charge in [-0.05, 0) is 89.9 Å². The molecule has 1 atom stereocenters. The second-order valence-electron chi connectivity index (χ2n) is 19.9. The minimum absolute atomic E-state index is 0.104. The van der Waals surface area contributed by atoms with Crippen LogP contribution in [0.25, 0.3) is 0 Å². The smallest absolute Gasteiger partial charge is 0.306 e. The van der Waals surface area contributed by atoms with E-state index in [0.717, 1.165) is 96.3 Å². The van der Waals surface area contributed by atoms with Crippen molar-refractivity contribution in [2.45, 2.75) is 284 Å². The number of hydrogen-bond acceptors (Lipinski definition) is 6. The Hall–Kier alpha value is -3.93. The molecule has 0 aliphatic heterocycles. The molecular weight excluding hydrogens is 901 g/mol. The van der Waals surface area contributed by atoms with Crippen molar-refractivity contribution in [3.8, 4) is 0 Å². The molecule has 1 unspecified atom stereocenters. The average Bonchev–Trinajstić information content (AvgIpc) is 3.39. The molecule has 0 N–H and O–H groups in total. The largest absolute Gasteiger partial charge is 0.462 e. The highest BCUT2D eigenvalue weighted by Crippen LogP contribution is 2.16. The first-order valence-corrected chi connectivity index (χ1v) is 30.4. The van der Waals surface area contributed by atoms with Gasteiger partial charge in [-0.15, -0.1) is 0 Å². The SMILES string of the molecule is CC/C=C\C/C=C\C/C=C\C/C=C\C/C=C\CCCCCCCCCCCCCCCCCCCCCC(=O)OCC(COC(=O)CCCCCCCCC)OC(=O)CC/C=C\C/C=C\C/C=C\C/C=C\CC. The van der Waals surface area contributed by atoms with E-state index in [1.807, 2.05) is 12.2 Å². The Morgan fingerprint density at radius 3 is 0.890 bits per heavy atom. The van der Waals surface area contributed by atoms with Crippen LogP contribution in [0.2, 0.25) is 0 Å². The Bertz CT molecular complexity index is 1490. The van der Waals surface area contributed by atoms with Gasteiger partial charge in [0, 0.05) is 19.3 Å². The molecule has 0 aromatic carbocycles. The van der Waals surface area contributed by atoms with Crippen LogP contribution in [0, 0.1) is 0 Å². The summed E-state index contributed by atoms with van der Waals surface area (Å²) in [4.78, 5) is 37.8. The van der Waals surface area contributed by atoms with Crippen LogP contribution < -0.4 is 0 Å². The molecule has 416 valence electrons. The maximum absolute atomic E-state index is 12.7. The van der Waals surface area contributed by atoms with Crippen molar-refractivity contribution in [3.05, 3.63) is 109 Å². The van der Waals surface area contributed by atoms with Crippen LogP contribution in [0.4, 0.5) is 0 Å². The maximum Gasteiger partial charge on any atom is 0.306 e. The summed E-state index contributed by atoms with van der Waals surface area (Å²) in [6.45, 7) is 6.31. The third kappa shape index (κ3) is 58.8. The van der Waals surface area contributed by atoms with Crippen molar-refractivity contribution in [2.24, 2.45) is 0 Å². The van der Waals surface area contributed by atoms with Gasteiger partial charge in [-0.25, -0.2) is 0 Å². The normalized spacial score (nSPS) is 12.9. The van der Waals surface area contributed by atoms with Crippen molar-refractivity contribution in [3.63, 3.8) is 0 Å². The minimum atomic E-state index is -0.811. The summed E-state index contributed by atoms with van der Waals surface area (Å²) in [5.74, 6) is -0.990. The topological polar surface area (TPSA) is 78.9 Å². The van der Waals surface area contributed by atoms with Gasteiger partial charge < -0.3 is 14.2 Å². The van der Waals surface area contributed by atoms with Crippen LogP contribution >= 0.6 is 0 Å². The van der Waals surface area contributed by atoms with Crippen molar-refractivity contribution < 1.29 is 28.6 Å². The molecule has 73 heavy (non-hydrogen) atoms. The van der Waals surface area contributed by atoms with E-state index in [4.69, 9.17) is 14.2 Å². The van der Waals surface area contributed by atoms with Gasteiger partial charge in [-0.3, -0.25) is 14.4 Å². The molecule has 0 heterocycles. The van der Waals surface area contributed by atoms with Gasteiger partial charge in [-0.2, -0.15) is 0 Å². The van der Waals surface area contributed by atoms with E-state index in [1.165, 1.54) is 135 Å². The Kier molecular flexibility index (Phi) is 57.4. The summed E-state index contributed by atoms with van der Waals surface area (Å²) >= 11 is 0. The van der Waals surface area contributed by atoms with Crippen LogP contribution in [-0.4, -0.2) is 37.2 Å². The minimum Gasteiger partial charge on any atom is -0.462 e. The van der Waals surface area contributed by atoms with Gasteiger partial charge in [0.05, 0.1) is 0 Å². The predicted octanol–water partition coefficient (Wildman–Crippen LogP) is 20.7. The van der Waals surface area contributed by atoms with E-state index in [0.29, 0.717) is 19.3 Å². The van der Waals surface area contributed by atoms with E-state index < -0.39 is 12.1 Å². The lowest BCUT2D eigenvalue weighted by molar-refractivity contribution is -0.166. The molecule has 0 bridgehead atoms. The number of esters is 3. The van der Waals surface area contributed by atoms with Crippen molar-refractivity contribution in [1.29, 1.82) is 0 Å². The van der Waals surface area contributed by atoms with Crippen LogP contribution in [0.3, 0.4) is 0 Å². The molecule has 6 nitrogen and oxygen atoms in total. The third-order valence-electron chi connectivity index (χ3n) is 12.8. The average molecular weight is 1010 g/mol. The van der Waals surface area contributed by atoms with E-state index in [-0.39, 0.29) is 31.6 Å². The van der Waals surface area contributed by atoms with Crippen LogP contribution in [-0.2, 0) is 28.6 Å². The van der Waals surface area contributed by atoms with Crippen molar-refractivity contribution in [2.75, 3.05) is 13.2 Å². The molecule has 0 rings (SSSR count). The summed E-state index contributed by atoms with van der Waals surface area (Å²) in [6, 6.07) is 0. The fourth-order valence-corrected chi connectivity index (χ4v) is 8.31. The molecule has 0 aliphatic carbocycles. The van der Waals surface area contributed by atoms with Crippen LogP contribution in [0.15, 0.2) is 109 Å². The Labute approximate surface area is 450 Å². The van der Waals surface area contributed by atoms with E-state index >= 15 is 0 Å². The van der Waals surface area contributed by atoms with E-state index in [1.54, 1.807) is 0 Å². The quantitative estimate of drug-likeness (QED) is 0.0261. The number of carbonyl (C=O) groups excluding carboxylic acids is 3. The summed E-state index contributed by atoms with van der Waals surface area (Å²) in [7, 11) is 0. The first-order valence-electron chi connectivity index (χ1n) is 30.4. The zero-order valence-corrected chi connectivity index (χ0v) is 47.6. The lowest BCUT2D eigenvalue weighted by Crippen LogP contribution is -2.30. The maximum atomic E-state index is 12.7. The number of carbonyl (C=O) groups is 3. The zero-order chi connectivity index (χ0) is 52.9. The number of allylic oxidation sites excluding steroid dienone is 18. The molecule has 0 aliphatic rings. The van der Waals surface area contributed by atoms with Crippen LogP contribution in [0.1, 0.15) is 278 Å². The van der Waals surface area contributed by atoms with Gasteiger partial charge in [-0.1, -0.05) is 278 Å². The fourth-order valence-electron chi connectivity index (χ4n) is 8.31. The standard InChI is InChI=1S/C67H112O6/c1-4-7-10-13-16-18-20-22-23-24-25-26-27-28-29-30-31-32-33-34-35-36-37-38-39-40-41-42-43-45-46-48-51-54-57-60-66(69)72-63-64(62-71-65(68)59-56-53-50-15-12-9-6-3)73-67(70)61-58-55-52-49-47-44-21-19-17-14-11-8-5-2/h7-8,10-11,16-19,22-23,25-26,28-29,44,47,52,55,64H,4-6,9,12-15,20-21,24,27,30-43,45-46,48-51,53-54,56-63H2,1-3H3/b10-7-,11-8-,18-16-,19-17-,23-22-,26-25-,29-28-,47-44-,55-52-. The molecule has 0 saturated carbocycles. The Morgan fingerprint density at radius 1 is 0.288 bits per heavy atom. The lowest BCUT2D eigenvalue weighted by Gasteiger charge is -2.18. The molecule has 6 heteroatoms. The highest BCUT2D eigenvalue weighted by Gasteiger charge is 2.19. The fraction of sp³-hybridized carbons (Fsp3) is 0.687. The number of unbranched alkanes of at least 4 members (excludes halogenated alkanes) is 25. The monoisotopic (exact) mass is 1010 g/mol. The number of rotatable bonds is 54. The van der Waals surface area contributed by atoms with E-state index in [9.17, 15) is 14.4 Å². The predicted molar refractivity (Wildman–Crippen MR) is 316 cm³/mol. The van der Waals surface area contributed by atoms with Gasteiger partial charge in [0.15, 0.2) is 6.10 Å². The van der Waals surface area contributed by atoms with E-state index in [2.05, 4.69) is 118 Å². The second kappa shape index (κ2) is 60.6. The summed E-state index contributed by atoms with van der Waals surface area (Å²) < 4.78 is 16.7. The first kappa shape index (κ1) is 69.1. The van der Waals surface area contributed by atoms with Gasteiger partial charge in [0.2, 0.25) is 0 Å². The number of hydrogen-bond donors (Lipinski definition) is 0. The second-order valence-corrected chi connectivity index (χ2v) is 19.9. The van der Waals surface area contributed by atoms with Crippen LogP contribution in [0.5, 0.6) is 0 Å². The molecule has 0 radical (unpaired) electrons. The molecule has 0 saturated heterocycles. The number of ether oxygens (including phenoxy) is 3. The Balaban J connectivity index is 3.99. The Morgan fingerprint density at radius 2 is 0.562 bits per heavy atom.